The summed E-state index contributed by atoms with van der Waals surface area (Å²) in [6.45, 7) is 0. The SMILES string of the molecule is Nc1ccccc1-c1ccccc1N.O=[N+]([O-])c1ccccc1-c1ccccc1[N+](=O)[O-].[HH]. The number of rotatable bonds is 4. The highest BCUT2D eigenvalue weighted by Gasteiger charge is 2.21. The van der Waals surface area contributed by atoms with Crippen LogP contribution in [0.25, 0.3) is 22.3 Å². The average Bonchev–Trinajstić information content (AvgIpc) is 2.80. The van der Waals surface area contributed by atoms with Gasteiger partial charge in [-0.05, 0) is 24.3 Å². The molecule has 0 aliphatic rings. The molecule has 0 unspecified atom stereocenters. The van der Waals surface area contributed by atoms with Crippen molar-refractivity contribution in [2.75, 3.05) is 11.5 Å². The first kappa shape index (κ1) is 22.0. The lowest BCUT2D eigenvalue weighted by Gasteiger charge is -2.07. The van der Waals surface area contributed by atoms with E-state index < -0.39 is 9.85 Å². The topological polar surface area (TPSA) is 138 Å². The van der Waals surface area contributed by atoms with Crippen LogP contribution in [0, 0.1) is 20.2 Å². The molecule has 8 nitrogen and oxygen atoms in total. The number of nitrogens with two attached hydrogens (primary N) is 2. The molecule has 0 amide bonds. The maximum atomic E-state index is 10.9. The maximum Gasteiger partial charge on any atom is 0.277 e. The lowest BCUT2D eigenvalue weighted by atomic mass is 10.0. The number of para-hydroxylation sites is 4. The van der Waals surface area contributed by atoms with E-state index in [2.05, 4.69) is 0 Å². The van der Waals surface area contributed by atoms with Crippen molar-refractivity contribution in [1.82, 2.24) is 0 Å². The number of nitro groups is 2. The second kappa shape index (κ2) is 9.86. The second-order valence-electron chi connectivity index (χ2n) is 6.72. The fourth-order valence-electron chi connectivity index (χ4n) is 3.21. The Bertz CT molecular complexity index is 1180. The quantitative estimate of drug-likeness (QED) is 0.233. The van der Waals surface area contributed by atoms with Gasteiger partial charge >= 0.3 is 0 Å². The third kappa shape index (κ3) is 4.88. The van der Waals surface area contributed by atoms with Crippen LogP contribution in [0.1, 0.15) is 1.43 Å². The van der Waals surface area contributed by atoms with Gasteiger partial charge in [0.05, 0.1) is 21.0 Å². The van der Waals surface area contributed by atoms with Crippen LogP contribution in [0.5, 0.6) is 0 Å². The summed E-state index contributed by atoms with van der Waals surface area (Å²) in [6.07, 6.45) is 0. The minimum atomic E-state index is -0.550. The van der Waals surface area contributed by atoms with Gasteiger partial charge in [-0.2, -0.15) is 0 Å². The van der Waals surface area contributed by atoms with Crippen LogP contribution in [-0.4, -0.2) is 9.85 Å². The zero-order valence-corrected chi connectivity index (χ0v) is 16.9. The van der Waals surface area contributed by atoms with E-state index >= 15 is 0 Å². The molecular weight excluding hydrogens is 408 g/mol. The number of nitrogens with zero attached hydrogens (tertiary/aromatic N) is 2. The summed E-state index contributed by atoms with van der Waals surface area (Å²) in [5.41, 5.74) is 15.4. The molecule has 0 spiro atoms. The smallest absolute Gasteiger partial charge is 0.277 e. The predicted octanol–water partition coefficient (Wildman–Crippen LogP) is 5.93. The van der Waals surface area contributed by atoms with Gasteiger partial charge in [-0.1, -0.05) is 60.7 Å². The van der Waals surface area contributed by atoms with Crippen molar-refractivity contribution in [3.05, 3.63) is 117 Å². The number of nitrogen functional groups attached to an aromatic ring is 2. The summed E-state index contributed by atoms with van der Waals surface area (Å²) in [7, 11) is 0. The molecule has 0 saturated heterocycles. The molecule has 0 fully saturated rings. The van der Waals surface area contributed by atoms with Crippen molar-refractivity contribution in [2.45, 2.75) is 0 Å². The molecule has 0 heterocycles. The summed E-state index contributed by atoms with van der Waals surface area (Å²) >= 11 is 0. The van der Waals surface area contributed by atoms with Crippen LogP contribution in [0.4, 0.5) is 22.7 Å². The van der Waals surface area contributed by atoms with E-state index in [4.69, 9.17) is 11.5 Å². The highest BCUT2D eigenvalue weighted by atomic mass is 16.6. The van der Waals surface area contributed by atoms with Crippen LogP contribution in [-0.2, 0) is 0 Å². The zero-order valence-electron chi connectivity index (χ0n) is 16.9. The van der Waals surface area contributed by atoms with E-state index in [0.29, 0.717) is 0 Å². The molecule has 4 rings (SSSR count). The summed E-state index contributed by atoms with van der Waals surface area (Å²) in [5, 5.41) is 21.8. The Balaban J connectivity index is 0.000000233. The van der Waals surface area contributed by atoms with Crippen molar-refractivity contribution in [2.24, 2.45) is 0 Å². The Hall–Kier alpha value is -4.72. The van der Waals surface area contributed by atoms with Gasteiger partial charge in [0.2, 0.25) is 0 Å². The van der Waals surface area contributed by atoms with Crippen LogP contribution < -0.4 is 11.5 Å². The first-order valence-electron chi connectivity index (χ1n) is 9.56. The largest absolute Gasteiger partial charge is 0.398 e. The molecular formula is C24H22N4O4. The van der Waals surface area contributed by atoms with Gasteiger partial charge in [-0.25, -0.2) is 0 Å². The molecule has 4 aromatic carbocycles. The van der Waals surface area contributed by atoms with Crippen LogP contribution in [0.3, 0.4) is 0 Å². The van der Waals surface area contributed by atoms with Crippen molar-refractivity contribution in [1.29, 1.82) is 0 Å². The third-order valence-corrected chi connectivity index (χ3v) is 4.70. The van der Waals surface area contributed by atoms with Crippen molar-refractivity contribution < 1.29 is 11.3 Å². The Morgan fingerprint density at radius 3 is 1.09 bits per heavy atom. The lowest BCUT2D eigenvalue weighted by molar-refractivity contribution is -0.386. The maximum absolute atomic E-state index is 10.9. The van der Waals surface area contributed by atoms with Crippen LogP contribution in [0.15, 0.2) is 97.1 Å². The fourth-order valence-corrected chi connectivity index (χ4v) is 3.21. The Morgan fingerprint density at radius 2 is 0.781 bits per heavy atom. The molecule has 4 N–H and O–H groups in total. The van der Waals surface area contributed by atoms with E-state index in [0.717, 1.165) is 22.5 Å². The molecule has 0 aliphatic carbocycles. The van der Waals surface area contributed by atoms with Gasteiger partial charge in [0.25, 0.3) is 11.4 Å². The summed E-state index contributed by atoms with van der Waals surface area (Å²) in [5.74, 6) is 0. The zero-order chi connectivity index (χ0) is 23.1. The van der Waals surface area contributed by atoms with E-state index in [1.807, 2.05) is 48.5 Å². The Labute approximate surface area is 185 Å². The van der Waals surface area contributed by atoms with Crippen molar-refractivity contribution in [3.63, 3.8) is 0 Å². The Morgan fingerprint density at radius 1 is 0.500 bits per heavy atom. The van der Waals surface area contributed by atoms with E-state index in [-0.39, 0.29) is 23.9 Å². The summed E-state index contributed by atoms with van der Waals surface area (Å²) < 4.78 is 0. The number of nitro benzene ring substituents is 2. The van der Waals surface area contributed by atoms with Crippen LogP contribution >= 0.6 is 0 Å². The predicted molar refractivity (Wildman–Crippen MR) is 128 cm³/mol. The first-order chi connectivity index (χ1) is 15.4. The third-order valence-electron chi connectivity index (χ3n) is 4.70. The Kier molecular flexibility index (Phi) is 6.77. The van der Waals surface area contributed by atoms with E-state index in [1.165, 1.54) is 36.4 Å². The normalized spacial score (nSPS) is 10.0. The molecule has 0 bridgehead atoms. The molecule has 4 aromatic rings. The standard InChI is InChI=1S/C12H8N2O4.C12H12N2.H2/c15-13(16)11-7-3-1-5-9(11)10-6-2-4-8-12(10)14(17)18;13-11-7-3-1-5-9(11)10-6-2-4-8-12(10)14;/h1-8H;1-8H,13-14H2;1H. The number of anilines is 2. The van der Waals surface area contributed by atoms with E-state index in [1.54, 1.807) is 12.1 Å². The summed E-state index contributed by atoms with van der Waals surface area (Å²) in [4.78, 5) is 20.7. The monoisotopic (exact) mass is 430 g/mol. The van der Waals surface area contributed by atoms with Gasteiger partial charge in [-0.3, -0.25) is 20.2 Å². The van der Waals surface area contributed by atoms with Gasteiger partial charge in [0, 0.05) is 36.1 Å². The molecule has 0 atom stereocenters. The minimum absolute atomic E-state index is 0. The van der Waals surface area contributed by atoms with Crippen molar-refractivity contribution in [3.8, 4) is 22.3 Å². The van der Waals surface area contributed by atoms with Crippen LogP contribution in [0.2, 0.25) is 0 Å². The lowest BCUT2D eigenvalue weighted by Crippen LogP contribution is -1.95. The van der Waals surface area contributed by atoms with Crippen molar-refractivity contribution >= 4 is 22.7 Å². The molecule has 32 heavy (non-hydrogen) atoms. The molecule has 0 saturated carbocycles. The van der Waals surface area contributed by atoms with Gasteiger partial charge < -0.3 is 11.5 Å². The fraction of sp³-hybridized carbons (Fsp3) is 0. The average molecular weight is 430 g/mol. The molecule has 0 aromatic heterocycles. The summed E-state index contributed by atoms with van der Waals surface area (Å²) in [6, 6.07) is 27.4. The van der Waals surface area contributed by atoms with E-state index in [9.17, 15) is 20.2 Å². The second-order valence-corrected chi connectivity index (χ2v) is 6.72. The molecule has 8 heteroatoms. The van der Waals surface area contributed by atoms with Gasteiger partial charge in [-0.15, -0.1) is 0 Å². The number of hydrogen-bond donors (Lipinski definition) is 2. The van der Waals surface area contributed by atoms with Gasteiger partial charge in [0.15, 0.2) is 0 Å². The highest BCUT2D eigenvalue weighted by molar-refractivity contribution is 5.84. The molecule has 0 aliphatic heterocycles. The minimum Gasteiger partial charge on any atom is -0.398 e. The number of hydrogen-bond acceptors (Lipinski definition) is 6. The first-order valence-corrected chi connectivity index (χ1v) is 9.56. The molecule has 0 radical (unpaired) electrons. The molecule has 162 valence electrons. The highest BCUT2D eigenvalue weighted by Crippen LogP contribution is 2.35. The number of benzene rings is 4. The van der Waals surface area contributed by atoms with Gasteiger partial charge in [0.1, 0.15) is 0 Å².